The van der Waals surface area contributed by atoms with Crippen LogP contribution in [0.4, 0.5) is 0 Å². The van der Waals surface area contributed by atoms with Gasteiger partial charge in [0.25, 0.3) is 5.91 Å². The topological polar surface area (TPSA) is 73.6 Å². The van der Waals surface area contributed by atoms with E-state index in [1.165, 1.54) is 0 Å². The zero-order chi connectivity index (χ0) is 22.0. The van der Waals surface area contributed by atoms with Crippen LogP contribution in [0.5, 0.6) is 0 Å². The number of hydrogen-bond acceptors (Lipinski definition) is 4. The summed E-state index contributed by atoms with van der Waals surface area (Å²) in [5.74, 6) is -0.485. The molecule has 3 aromatic rings. The Bertz CT molecular complexity index is 1140. The SMILES string of the molecule is CC[C@@]1([C@H](CC(=O)c2nccn2C)c2ccccc2)OC(c2ccc(Cl)cc2)=NC1=O. The van der Waals surface area contributed by atoms with E-state index in [0.717, 1.165) is 5.56 Å². The average Bonchev–Trinajstić information content (AvgIpc) is 3.36. The van der Waals surface area contributed by atoms with Gasteiger partial charge >= 0.3 is 0 Å². The maximum Gasteiger partial charge on any atom is 0.293 e. The number of hydrogen-bond donors (Lipinski definition) is 0. The van der Waals surface area contributed by atoms with Gasteiger partial charge in [0.1, 0.15) is 0 Å². The normalized spacial score (nSPS) is 19.1. The molecule has 1 aromatic heterocycles. The molecule has 2 atom stereocenters. The summed E-state index contributed by atoms with van der Waals surface area (Å²) in [6.45, 7) is 1.87. The van der Waals surface area contributed by atoms with Crippen LogP contribution >= 0.6 is 11.6 Å². The van der Waals surface area contributed by atoms with E-state index in [0.29, 0.717) is 22.8 Å². The maximum atomic E-state index is 13.3. The molecule has 0 saturated carbocycles. The highest BCUT2D eigenvalue weighted by atomic mass is 35.5. The third-order valence-electron chi connectivity index (χ3n) is 5.69. The van der Waals surface area contributed by atoms with Crippen molar-refractivity contribution >= 4 is 29.2 Å². The highest BCUT2D eigenvalue weighted by molar-refractivity contribution is 6.30. The van der Waals surface area contributed by atoms with Gasteiger partial charge in [0.2, 0.25) is 5.90 Å². The van der Waals surface area contributed by atoms with Crippen molar-refractivity contribution in [2.45, 2.75) is 31.3 Å². The minimum Gasteiger partial charge on any atom is -0.460 e. The van der Waals surface area contributed by atoms with E-state index in [2.05, 4.69) is 9.98 Å². The number of imidazole rings is 1. The van der Waals surface area contributed by atoms with Gasteiger partial charge in [-0.3, -0.25) is 9.59 Å². The van der Waals surface area contributed by atoms with E-state index in [-0.39, 0.29) is 24.0 Å². The summed E-state index contributed by atoms with van der Waals surface area (Å²) in [6, 6.07) is 16.4. The van der Waals surface area contributed by atoms with Crippen molar-refractivity contribution in [2.75, 3.05) is 0 Å². The van der Waals surface area contributed by atoms with Crippen LogP contribution in [0.2, 0.25) is 5.02 Å². The molecule has 0 unspecified atom stereocenters. The lowest BCUT2D eigenvalue weighted by Crippen LogP contribution is -2.44. The maximum absolute atomic E-state index is 13.3. The third-order valence-corrected chi connectivity index (χ3v) is 5.94. The predicted octanol–water partition coefficient (Wildman–Crippen LogP) is 4.58. The Morgan fingerprint density at radius 1 is 1.16 bits per heavy atom. The van der Waals surface area contributed by atoms with Crippen molar-refractivity contribution in [3.63, 3.8) is 0 Å². The molecule has 6 nitrogen and oxygen atoms in total. The first-order valence-corrected chi connectivity index (χ1v) is 10.5. The van der Waals surface area contributed by atoms with Crippen LogP contribution < -0.4 is 0 Å². The lowest BCUT2D eigenvalue weighted by Gasteiger charge is -2.34. The van der Waals surface area contributed by atoms with E-state index < -0.39 is 11.5 Å². The van der Waals surface area contributed by atoms with Crippen molar-refractivity contribution in [2.24, 2.45) is 12.0 Å². The number of carbonyl (C=O) groups is 2. The van der Waals surface area contributed by atoms with Crippen LogP contribution in [-0.4, -0.2) is 32.7 Å². The number of nitrogens with zero attached hydrogens (tertiary/aromatic N) is 3. The number of amides is 1. The van der Waals surface area contributed by atoms with Gasteiger partial charge in [-0.05, 0) is 36.2 Å². The molecule has 2 heterocycles. The zero-order valence-electron chi connectivity index (χ0n) is 17.3. The molecular weight excluding hydrogens is 414 g/mol. The number of halogens is 1. The molecular formula is C24H22ClN3O3. The van der Waals surface area contributed by atoms with Crippen molar-refractivity contribution in [1.82, 2.24) is 9.55 Å². The molecule has 1 aliphatic heterocycles. The first-order valence-electron chi connectivity index (χ1n) is 10.1. The number of Topliss-reactive ketones (excluding diaryl/α,β-unsaturated/α-hetero) is 1. The summed E-state index contributed by atoms with van der Waals surface area (Å²) in [7, 11) is 1.77. The van der Waals surface area contributed by atoms with Crippen molar-refractivity contribution in [3.05, 3.63) is 89.0 Å². The Hall–Kier alpha value is -3.25. The molecule has 4 rings (SSSR count). The molecule has 0 aliphatic carbocycles. The predicted molar refractivity (Wildman–Crippen MR) is 118 cm³/mol. The van der Waals surface area contributed by atoms with Crippen molar-refractivity contribution in [3.8, 4) is 0 Å². The van der Waals surface area contributed by atoms with Crippen molar-refractivity contribution in [1.29, 1.82) is 0 Å². The minimum atomic E-state index is -1.28. The fourth-order valence-electron chi connectivity index (χ4n) is 3.98. The molecule has 0 spiro atoms. The molecule has 0 bridgehead atoms. The Morgan fingerprint density at radius 3 is 2.48 bits per heavy atom. The lowest BCUT2D eigenvalue weighted by molar-refractivity contribution is -0.133. The molecule has 1 amide bonds. The first kappa shape index (κ1) is 21.0. The van der Waals surface area contributed by atoms with Gasteiger partial charge in [0.05, 0.1) is 0 Å². The van der Waals surface area contributed by atoms with Crippen LogP contribution in [0.25, 0.3) is 0 Å². The second kappa shape index (κ2) is 8.47. The van der Waals surface area contributed by atoms with E-state index in [1.807, 2.05) is 37.3 Å². The molecule has 31 heavy (non-hydrogen) atoms. The number of aromatic nitrogens is 2. The largest absolute Gasteiger partial charge is 0.460 e. The van der Waals surface area contributed by atoms with Gasteiger partial charge in [-0.15, -0.1) is 0 Å². The van der Waals surface area contributed by atoms with Crippen LogP contribution in [-0.2, 0) is 16.6 Å². The van der Waals surface area contributed by atoms with Gasteiger partial charge in [0, 0.05) is 42.4 Å². The molecule has 7 heteroatoms. The number of ketones is 1. The number of benzene rings is 2. The number of carbonyl (C=O) groups excluding carboxylic acids is 2. The first-order chi connectivity index (χ1) is 14.9. The second-order valence-electron chi connectivity index (χ2n) is 7.53. The number of aryl methyl sites for hydroxylation is 1. The second-order valence-corrected chi connectivity index (χ2v) is 7.96. The highest BCUT2D eigenvalue weighted by Gasteiger charge is 2.52. The number of aliphatic imine (C=N–C) groups is 1. The van der Waals surface area contributed by atoms with E-state index in [4.69, 9.17) is 16.3 Å². The minimum absolute atomic E-state index is 0.0673. The van der Waals surface area contributed by atoms with Gasteiger partial charge in [-0.1, -0.05) is 48.9 Å². The fraction of sp³-hybridized carbons (Fsp3) is 0.250. The Morgan fingerprint density at radius 2 is 1.87 bits per heavy atom. The van der Waals surface area contributed by atoms with Crippen LogP contribution in [0.3, 0.4) is 0 Å². The number of ether oxygens (including phenoxy) is 1. The Labute approximate surface area is 185 Å². The van der Waals surface area contributed by atoms with Crippen molar-refractivity contribution < 1.29 is 14.3 Å². The molecule has 0 saturated heterocycles. The Balaban J connectivity index is 1.72. The molecule has 0 N–H and O–H groups in total. The molecule has 0 fully saturated rings. The van der Waals surface area contributed by atoms with Gasteiger partial charge in [-0.25, -0.2) is 4.98 Å². The lowest BCUT2D eigenvalue weighted by atomic mass is 9.76. The summed E-state index contributed by atoms with van der Waals surface area (Å²) < 4.78 is 7.96. The summed E-state index contributed by atoms with van der Waals surface area (Å²) in [4.78, 5) is 34.8. The van der Waals surface area contributed by atoms with Gasteiger partial charge in [-0.2, -0.15) is 4.99 Å². The van der Waals surface area contributed by atoms with E-state index in [9.17, 15) is 9.59 Å². The van der Waals surface area contributed by atoms with Crippen LogP contribution in [0, 0.1) is 0 Å². The standard InChI is InChI=1S/C24H22ClN3O3/c1-3-24(23(30)27-22(31-24)17-9-11-18(25)12-10-17)19(16-7-5-4-6-8-16)15-20(29)21-26-13-14-28(21)2/h4-14,19H,3,15H2,1-2H3/t19-,24+/m1/s1. The smallest absolute Gasteiger partial charge is 0.293 e. The fourth-order valence-corrected chi connectivity index (χ4v) is 4.11. The van der Waals surface area contributed by atoms with E-state index in [1.54, 1.807) is 48.3 Å². The van der Waals surface area contributed by atoms with Crippen LogP contribution in [0.15, 0.2) is 72.0 Å². The summed E-state index contributed by atoms with van der Waals surface area (Å²) in [6.07, 6.45) is 3.73. The van der Waals surface area contributed by atoms with E-state index >= 15 is 0 Å². The summed E-state index contributed by atoms with van der Waals surface area (Å²) in [5, 5.41) is 0.582. The zero-order valence-corrected chi connectivity index (χ0v) is 18.0. The summed E-state index contributed by atoms with van der Waals surface area (Å²) >= 11 is 5.99. The molecule has 2 aromatic carbocycles. The average molecular weight is 436 g/mol. The molecule has 0 radical (unpaired) electrons. The highest BCUT2D eigenvalue weighted by Crippen LogP contribution is 2.42. The number of rotatable bonds is 7. The molecule has 158 valence electrons. The van der Waals surface area contributed by atoms with Crippen LogP contribution in [0.1, 0.15) is 47.4 Å². The third kappa shape index (κ3) is 3.91. The van der Waals surface area contributed by atoms with Gasteiger partial charge < -0.3 is 9.30 Å². The molecule has 1 aliphatic rings. The quantitative estimate of drug-likeness (QED) is 0.509. The Kier molecular flexibility index (Phi) is 5.74. The summed E-state index contributed by atoms with van der Waals surface area (Å²) in [5.41, 5.74) is 0.222. The van der Waals surface area contributed by atoms with Gasteiger partial charge in [0.15, 0.2) is 17.2 Å². The monoisotopic (exact) mass is 435 g/mol.